The number of rotatable bonds is 4. The Bertz CT molecular complexity index is 819. The summed E-state index contributed by atoms with van der Waals surface area (Å²) in [6.45, 7) is 3.45. The molecule has 2 aromatic rings. The zero-order valence-electron chi connectivity index (χ0n) is 15.9. The zero-order valence-corrected chi connectivity index (χ0v) is 15.9. The van der Waals surface area contributed by atoms with E-state index in [1.165, 1.54) is 0 Å². The molecule has 142 valence electrons. The SMILES string of the molecule is Cc1ccc(NC(=O)[C@H]2CNCCN2C(=O)c2cccc(N(C)C)c2)cn1. The number of nitrogens with zero attached hydrogens (tertiary/aromatic N) is 3. The van der Waals surface area contributed by atoms with Gasteiger partial charge in [-0.1, -0.05) is 6.07 Å². The minimum atomic E-state index is -0.574. The average Bonchev–Trinajstić information content (AvgIpc) is 2.69. The molecule has 3 rings (SSSR count). The first-order valence-electron chi connectivity index (χ1n) is 8.98. The van der Waals surface area contributed by atoms with E-state index in [-0.39, 0.29) is 11.8 Å². The van der Waals surface area contributed by atoms with E-state index >= 15 is 0 Å². The average molecular weight is 367 g/mol. The van der Waals surface area contributed by atoms with Crippen LogP contribution in [0, 0.1) is 6.92 Å². The van der Waals surface area contributed by atoms with Crippen molar-refractivity contribution in [2.24, 2.45) is 0 Å². The van der Waals surface area contributed by atoms with E-state index in [4.69, 9.17) is 0 Å². The quantitative estimate of drug-likeness (QED) is 0.857. The summed E-state index contributed by atoms with van der Waals surface area (Å²) < 4.78 is 0. The molecule has 1 aromatic carbocycles. The molecule has 0 saturated carbocycles. The van der Waals surface area contributed by atoms with Crippen molar-refractivity contribution in [3.63, 3.8) is 0 Å². The summed E-state index contributed by atoms with van der Waals surface area (Å²) in [4.78, 5) is 33.6. The maximum Gasteiger partial charge on any atom is 0.254 e. The lowest BCUT2D eigenvalue weighted by atomic mass is 10.1. The molecule has 0 unspecified atom stereocenters. The first-order valence-corrected chi connectivity index (χ1v) is 8.98. The molecule has 1 aliphatic heterocycles. The standard InChI is InChI=1S/C20H25N5O2/c1-14-7-8-16(12-22-14)23-19(26)18-13-21-9-10-25(18)20(27)15-5-4-6-17(11-15)24(2)3/h4-8,11-12,18,21H,9-10,13H2,1-3H3,(H,23,26)/t18-/m1/s1. The fourth-order valence-electron chi connectivity index (χ4n) is 3.03. The lowest BCUT2D eigenvalue weighted by Gasteiger charge is -2.35. The predicted molar refractivity (Wildman–Crippen MR) is 106 cm³/mol. The minimum Gasteiger partial charge on any atom is -0.378 e. The second kappa shape index (κ2) is 8.18. The van der Waals surface area contributed by atoms with Crippen LogP contribution in [0.2, 0.25) is 0 Å². The van der Waals surface area contributed by atoms with Crippen LogP contribution in [0.3, 0.4) is 0 Å². The van der Waals surface area contributed by atoms with Crippen LogP contribution in [-0.4, -0.2) is 61.5 Å². The fraction of sp³-hybridized carbons (Fsp3) is 0.350. The number of carbonyl (C=O) groups is 2. The smallest absolute Gasteiger partial charge is 0.254 e. The van der Waals surface area contributed by atoms with Crippen molar-refractivity contribution < 1.29 is 9.59 Å². The summed E-state index contributed by atoms with van der Waals surface area (Å²) in [5, 5.41) is 6.06. The van der Waals surface area contributed by atoms with Gasteiger partial charge in [-0.25, -0.2) is 0 Å². The van der Waals surface area contributed by atoms with Crippen molar-refractivity contribution in [2.45, 2.75) is 13.0 Å². The van der Waals surface area contributed by atoms with Crippen LogP contribution in [0.4, 0.5) is 11.4 Å². The Labute approximate surface area is 159 Å². The molecule has 2 N–H and O–H groups in total. The molecule has 1 saturated heterocycles. The highest BCUT2D eigenvalue weighted by molar-refractivity contribution is 6.01. The molecule has 2 heterocycles. The van der Waals surface area contributed by atoms with Crippen LogP contribution in [0.25, 0.3) is 0 Å². The number of anilines is 2. The topological polar surface area (TPSA) is 77.6 Å². The molecule has 0 radical (unpaired) electrons. The molecular weight excluding hydrogens is 342 g/mol. The Hall–Kier alpha value is -2.93. The number of amides is 2. The Morgan fingerprint density at radius 2 is 2.07 bits per heavy atom. The first-order chi connectivity index (χ1) is 13.0. The van der Waals surface area contributed by atoms with Gasteiger partial charge in [0.1, 0.15) is 6.04 Å². The van der Waals surface area contributed by atoms with Gasteiger partial charge < -0.3 is 20.4 Å². The van der Waals surface area contributed by atoms with Crippen molar-refractivity contribution in [3.05, 3.63) is 53.9 Å². The third kappa shape index (κ3) is 4.43. The number of pyridine rings is 1. The summed E-state index contributed by atoms with van der Waals surface area (Å²) in [5.74, 6) is -0.354. The number of aryl methyl sites for hydroxylation is 1. The lowest BCUT2D eigenvalue weighted by Crippen LogP contribution is -2.58. The van der Waals surface area contributed by atoms with E-state index in [0.29, 0.717) is 30.9 Å². The summed E-state index contributed by atoms with van der Waals surface area (Å²) in [6.07, 6.45) is 1.62. The minimum absolute atomic E-state index is 0.137. The van der Waals surface area contributed by atoms with E-state index in [9.17, 15) is 9.59 Å². The Kier molecular flexibility index (Phi) is 5.71. The molecule has 0 aliphatic carbocycles. The lowest BCUT2D eigenvalue weighted by molar-refractivity contribution is -0.121. The fourth-order valence-corrected chi connectivity index (χ4v) is 3.03. The Balaban J connectivity index is 1.78. The van der Waals surface area contributed by atoms with Crippen molar-refractivity contribution in [1.29, 1.82) is 0 Å². The van der Waals surface area contributed by atoms with Gasteiger partial charge in [-0.2, -0.15) is 0 Å². The van der Waals surface area contributed by atoms with Gasteiger partial charge in [-0.3, -0.25) is 14.6 Å². The van der Waals surface area contributed by atoms with Gasteiger partial charge in [0.25, 0.3) is 5.91 Å². The monoisotopic (exact) mass is 367 g/mol. The van der Waals surface area contributed by atoms with Crippen LogP contribution in [0.1, 0.15) is 16.1 Å². The zero-order chi connectivity index (χ0) is 19.4. The predicted octanol–water partition coefficient (Wildman–Crippen LogP) is 1.51. The number of hydrogen-bond acceptors (Lipinski definition) is 5. The highest BCUT2D eigenvalue weighted by Crippen LogP contribution is 2.18. The molecule has 0 bridgehead atoms. The van der Waals surface area contributed by atoms with Gasteiger partial charge in [0.05, 0.1) is 11.9 Å². The molecule has 1 aromatic heterocycles. The van der Waals surface area contributed by atoms with Crippen molar-refractivity contribution in [2.75, 3.05) is 43.9 Å². The number of piperazine rings is 1. The molecule has 7 heteroatoms. The van der Waals surface area contributed by atoms with Crippen molar-refractivity contribution >= 4 is 23.2 Å². The Morgan fingerprint density at radius 1 is 1.26 bits per heavy atom. The summed E-state index contributed by atoms with van der Waals surface area (Å²) in [6, 6.07) is 10.5. The Morgan fingerprint density at radius 3 is 2.78 bits per heavy atom. The van der Waals surface area contributed by atoms with Gasteiger partial charge in [0, 0.05) is 50.7 Å². The van der Waals surface area contributed by atoms with E-state index in [2.05, 4.69) is 15.6 Å². The maximum absolute atomic E-state index is 13.1. The van der Waals surface area contributed by atoms with Crippen LogP contribution >= 0.6 is 0 Å². The van der Waals surface area contributed by atoms with E-state index < -0.39 is 6.04 Å². The molecule has 27 heavy (non-hydrogen) atoms. The van der Waals surface area contributed by atoms with Crippen LogP contribution in [-0.2, 0) is 4.79 Å². The second-order valence-electron chi connectivity index (χ2n) is 6.84. The van der Waals surface area contributed by atoms with Gasteiger partial charge >= 0.3 is 0 Å². The molecule has 1 fully saturated rings. The largest absolute Gasteiger partial charge is 0.378 e. The molecule has 7 nitrogen and oxygen atoms in total. The number of hydrogen-bond donors (Lipinski definition) is 2. The summed E-state index contributed by atoms with van der Waals surface area (Å²) in [5.41, 5.74) is 3.03. The van der Waals surface area contributed by atoms with Gasteiger partial charge in [-0.15, -0.1) is 0 Å². The molecular formula is C20H25N5O2. The maximum atomic E-state index is 13.1. The number of carbonyl (C=O) groups excluding carboxylic acids is 2. The second-order valence-corrected chi connectivity index (χ2v) is 6.84. The van der Waals surface area contributed by atoms with Gasteiger partial charge in [0.2, 0.25) is 5.91 Å². The van der Waals surface area contributed by atoms with E-state index in [1.807, 2.05) is 56.3 Å². The first kappa shape index (κ1) is 18.8. The van der Waals surface area contributed by atoms with Crippen LogP contribution in [0.15, 0.2) is 42.6 Å². The highest BCUT2D eigenvalue weighted by Gasteiger charge is 2.32. The summed E-state index contributed by atoms with van der Waals surface area (Å²) in [7, 11) is 3.86. The van der Waals surface area contributed by atoms with Gasteiger partial charge in [0.15, 0.2) is 0 Å². The van der Waals surface area contributed by atoms with Crippen molar-refractivity contribution in [3.8, 4) is 0 Å². The van der Waals surface area contributed by atoms with E-state index in [0.717, 1.165) is 11.4 Å². The van der Waals surface area contributed by atoms with Crippen molar-refractivity contribution in [1.82, 2.24) is 15.2 Å². The highest BCUT2D eigenvalue weighted by atomic mass is 16.2. The van der Waals surface area contributed by atoms with Crippen LogP contribution < -0.4 is 15.5 Å². The third-order valence-electron chi connectivity index (χ3n) is 4.60. The molecule has 1 aliphatic rings. The third-order valence-corrected chi connectivity index (χ3v) is 4.60. The normalized spacial score (nSPS) is 16.7. The molecule has 2 amide bonds. The number of aromatic nitrogens is 1. The van der Waals surface area contributed by atoms with E-state index in [1.54, 1.807) is 17.2 Å². The number of benzene rings is 1. The molecule has 0 spiro atoms. The number of nitrogens with one attached hydrogen (secondary N) is 2. The van der Waals surface area contributed by atoms with Gasteiger partial charge in [-0.05, 0) is 37.3 Å². The molecule has 1 atom stereocenters. The van der Waals surface area contributed by atoms with Crippen LogP contribution in [0.5, 0.6) is 0 Å². The summed E-state index contributed by atoms with van der Waals surface area (Å²) >= 11 is 0.